The minimum Gasteiger partial charge on any atom is -0.453 e. The summed E-state index contributed by atoms with van der Waals surface area (Å²) in [5, 5.41) is 0. The van der Waals surface area contributed by atoms with Crippen molar-refractivity contribution in [3.8, 4) is 0 Å². The van der Waals surface area contributed by atoms with Crippen LogP contribution in [0.2, 0.25) is 0 Å². The van der Waals surface area contributed by atoms with Gasteiger partial charge in [-0.15, -0.1) is 0 Å². The molecule has 0 fully saturated rings. The first-order valence-corrected chi connectivity index (χ1v) is 6.25. The zero-order valence-corrected chi connectivity index (χ0v) is 11.6. The molecule has 19 heavy (non-hydrogen) atoms. The number of rotatable bonds is 5. The molecule has 0 saturated carbocycles. The Morgan fingerprint density at radius 3 is 2.47 bits per heavy atom. The highest BCUT2D eigenvalue weighted by molar-refractivity contribution is 6.20. The van der Waals surface area contributed by atoms with Crippen LogP contribution in [0, 0.1) is 0 Å². The number of likely N-dealkylation sites (N-methyl/N-ethyl adjacent to an activating group) is 1. The van der Waals surface area contributed by atoms with Crippen LogP contribution < -0.4 is 0 Å². The Labute approximate surface area is 117 Å². The number of carbonyl (C=O) groups is 2. The van der Waals surface area contributed by atoms with E-state index in [4.69, 9.17) is 16.3 Å². The highest BCUT2D eigenvalue weighted by Gasteiger charge is 2.19. The van der Waals surface area contributed by atoms with Gasteiger partial charge in [-0.25, -0.2) is 9.59 Å². The molecule has 0 aliphatic heterocycles. The van der Waals surface area contributed by atoms with Crippen LogP contribution in [0.1, 0.15) is 17.3 Å². The van der Waals surface area contributed by atoms with E-state index in [1.165, 1.54) is 12.0 Å². The van der Waals surface area contributed by atoms with Crippen molar-refractivity contribution < 1.29 is 19.1 Å². The van der Waals surface area contributed by atoms with Gasteiger partial charge in [0.1, 0.15) is 0 Å². The number of hydrogen-bond acceptors (Lipinski definition) is 4. The molecule has 0 aliphatic carbocycles. The van der Waals surface area contributed by atoms with Crippen molar-refractivity contribution in [1.82, 2.24) is 4.90 Å². The molecule has 0 N–H and O–H groups in total. The Morgan fingerprint density at radius 2 is 1.95 bits per heavy atom. The third-order valence-corrected chi connectivity index (χ3v) is 2.65. The van der Waals surface area contributed by atoms with Gasteiger partial charge in [0.05, 0.1) is 19.2 Å². The Morgan fingerprint density at radius 1 is 1.32 bits per heavy atom. The lowest BCUT2D eigenvalue weighted by Crippen LogP contribution is -2.37. The van der Waals surface area contributed by atoms with Crippen molar-refractivity contribution >= 4 is 23.7 Å². The molecule has 0 spiro atoms. The van der Waals surface area contributed by atoms with Gasteiger partial charge >= 0.3 is 12.1 Å². The van der Waals surface area contributed by atoms with Crippen molar-refractivity contribution in [3.63, 3.8) is 0 Å². The molecule has 1 amide bonds. The third kappa shape index (κ3) is 4.79. The Hall–Kier alpha value is -1.75. The molecule has 0 radical (unpaired) electrons. The van der Waals surface area contributed by atoms with Gasteiger partial charge in [0.15, 0.2) is 5.56 Å². The third-order valence-electron chi connectivity index (χ3n) is 2.42. The number of halogens is 1. The summed E-state index contributed by atoms with van der Waals surface area (Å²) in [6.07, 6.45) is -0.510. The second-order valence-electron chi connectivity index (χ2n) is 3.69. The topological polar surface area (TPSA) is 55.8 Å². The van der Waals surface area contributed by atoms with Gasteiger partial charge in [-0.1, -0.05) is 29.8 Å². The maximum atomic E-state index is 11.7. The lowest BCUT2D eigenvalue weighted by Gasteiger charge is -2.21. The smallest absolute Gasteiger partial charge is 0.409 e. The van der Waals surface area contributed by atoms with Crippen molar-refractivity contribution in [2.24, 2.45) is 0 Å². The highest BCUT2D eigenvalue weighted by Crippen LogP contribution is 2.08. The van der Waals surface area contributed by atoms with Gasteiger partial charge in [0.25, 0.3) is 0 Å². The van der Waals surface area contributed by atoms with Crippen LogP contribution in [-0.4, -0.2) is 42.7 Å². The van der Waals surface area contributed by atoms with Gasteiger partial charge < -0.3 is 14.4 Å². The van der Waals surface area contributed by atoms with E-state index in [2.05, 4.69) is 4.74 Å². The fourth-order valence-electron chi connectivity index (χ4n) is 1.43. The van der Waals surface area contributed by atoms with Gasteiger partial charge in [-0.3, -0.25) is 0 Å². The molecular weight excluding hydrogens is 270 g/mol. The molecule has 1 aromatic rings. The van der Waals surface area contributed by atoms with Crippen LogP contribution in [0.3, 0.4) is 0 Å². The van der Waals surface area contributed by atoms with Crippen LogP contribution in [0.4, 0.5) is 4.79 Å². The molecule has 0 aromatic heterocycles. The number of alkyl halides is 1. The zero-order valence-electron chi connectivity index (χ0n) is 10.8. The maximum Gasteiger partial charge on any atom is 0.409 e. The first-order chi connectivity index (χ1) is 9.08. The number of ether oxygens (including phenoxy) is 2. The Balaban J connectivity index is 2.53. The van der Waals surface area contributed by atoms with E-state index in [1.54, 1.807) is 37.3 Å². The molecule has 1 rings (SSSR count). The molecular formula is C13H16ClNO4. The number of methoxy groups -OCH3 is 1. The van der Waals surface area contributed by atoms with E-state index in [0.29, 0.717) is 12.1 Å². The SMILES string of the molecule is CCN(CC(Cl)OC(=O)c1ccccc1)C(=O)OC. The summed E-state index contributed by atoms with van der Waals surface area (Å²) >= 11 is 5.91. The largest absolute Gasteiger partial charge is 0.453 e. The molecule has 0 aliphatic rings. The fourth-order valence-corrected chi connectivity index (χ4v) is 1.68. The van der Waals surface area contributed by atoms with Gasteiger partial charge in [0.2, 0.25) is 0 Å². The van der Waals surface area contributed by atoms with E-state index < -0.39 is 17.6 Å². The molecule has 6 heteroatoms. The van der Waals surface area contributed by atoms with Gasteiger partial charge in [-0.2, -0.15) is 0 Å². The van der Waals surface area contributed by atoms with Gasteiger partial charge in [0, 0.05) is 6.54 Å². The van der Waals surface area contributed by atoms with Crippen molar-refractivity contribution in [2.75, 3.05) is 20.2 Å². The van der Waals surface area contributed by atoms with Crippen molar-refractivity contribution in [2.45, 2.75) is 12.5 Å². The normalized spacial score (nSPS) is 11.5. The molecule has 1 unspecified atom stereocenters. The predicted molar refractivity (Wildman–Crippen MR) is 71.2 cm³/mol. The molecule has 0 saturated heterocycles. The molecule has 1 atom stereocenters. The van der Waals surface area contributed by atoms with E-state index in [1.807, 2.05) is 0 Å². The van der Waals surface area contributed by atoms with E-state index in [-0.39, 0.29) is 6.54 Å². The number of nitrogens with zero attached hydrogens (tertiary/aromatic N) is 1. The summed E-state index contributed by atoms with van der Waals surface area (Å²) < 4.78 is 9.62. The second kappa shape index (κ2) is 7.63. The Bertz CT molecular complexity index is 424. The molecule has 1 aromatic carbocycles. The quantitative estimate of drug-likeness (QED) is 0.616. The van der Waals surface area contributed by atoms with Crippen LogP contribution in [0.15, 0.2) is 30.3 Å². The summed E-state index contributed by atoms with van der Waals surface area (Å²) in [6.45, 7) is 2.27. The van der Waals surface area contributed by atoms with Crippen molar-refractivity contribution in [3.05, 3.63) is 35.9 Å². The summed E-state index contributed by atoms with van der Waals surface area (Å²) in [7, 11) is 1.28. The van der Waals surface area contributed by atoms with Crippen LogP contribution in [0.25, 0.3) is 0 Å². The summed E-state index contributed by atoms with van der Waals surface area (Å²) in [5.41, 5.74) is -0.513. The first-order valence-electron chi connectivity index (χ1n) is 5.81. The minimum atomic E-state index is -0.924. The minimum absolute atomic E-state index is 0.0727. The lowest BCUT2D eigenvalue weighted by molar-refractivity contribution is 0.0378. The number of hydrogen-bond donors (Lipinski definition) is 0. The lowest BCUT2D eigenvalue weighted by atomic mass is 10.2. The average Bonchev–Trinajstić information content (AvgIpc) is 2.44. The molecule has 0 heterocycles. The first kappa shape index (κ1) is 15.3. The zero-order chi connectivity index (χ0) is 14.3. The number of carbonyl (C=O) groups excluding carboxylic acids is 2. The average molecular weight is 286 g/mol. The van der Waals surface area contributed by atoms with Crippen molar-refractivity contribution in [1.29, 1.82) is 0 Å². The maximum absolute atomic E-state index is 11.7. The summed E-state index contributed by atoms with van der Waals surface area (Å²) in [5.74, 6) is -0.526. The number of benzene rings is 1. The number of amides is 1. The second-order valence-corrected chi connectivity index (χ2v) is 4.18. The van der Waals surface area contributed by atoms with E-state index >= 15 is 0 Å². The molecule has 5 nitrogen and oxygen atoms in total. The number of esters is 1. The molecule has 104 valence electrons. The predicted octanol–water partition coefficient (Wildman–Crippen LogP) is 2.50. The van der Waals surface area contributed by atoms with Crippen LogP contribution >= 0.6 is 11.6 Å². The molecule has 0 bridgehead atoms. The van der Waals surface area contributed by atoms with E-state index in [9.17, 15) is 9.59 Å². The monoisotopic (exact) mass is 285 g/mol. The fraction of sp³-hybridized carbons (Fsp3) is 0.385. The standard InChI is InChI=1S/C13H16ClNO4/c1-3-15(13(17)18-2)9-11(14)19-12(16)10-7-5-4-6-8-10/h4-8,11H,3,9H2,1-2H3. The Kier molecular flexibility index (Phi) is 6.15. The van der Waals surface area contributed by atoms with E-state index in [0.717, 1.165) is 0 Å². The highest BCUT2D eigenvalue weighted by atomic mass is 35.5. The summed E-state index contributed by atoms with van der Waals surface area (Å²) in [4.78, 5) is 24.4. The van der Waals surface area contributed by atoms with Crippen LogP contribution in [-0.2, 0) is 9.47 Å². The van der Waals surface area contributed by atoms with Gasteiger partial charge in [-0.05, 0) is 19.1 Å². The summed E-state index contributed by atoms with van der Waals surface area (Å²) in [6, 6.07) is 8.51. The van der Waals surface area contributed by atoms with Crippen LogP contribution in [0.5, 0.6) is 0 Å².